The van der Waals surface area contributed by atoms with Gasteiger partial charge in [-0.2, -0.15) is 12.1 Å². The minimum absolute atomic E-state index is 0. The number of nitrogens with zero attached hydrogens (tertiary/aromatic N) is 4. The first-order chi connectivity index (χ1) is 27.7. The van der Waals surface area contributed by atoms with E-state index in [-0.39, 0.29) is 32.9 Å². The van der Waals surface area contributed by atoms with Crippen LogP contribution in [0.4, 0.5) is 22.7 Å². The fourth-order valence-electron chi connectivity index (χ4n) is 9.42. The smallest absolute Gasteiger partial charge is 0.135 e. The Kier molecular flexibility index (Phi) is 7.77. The fraction of sp³-hybridized carbons (Fsp3) is 0.0588. The zero-order valence-electron chi connectivity index (χ0n) is 30.8. The molecule has 4 aliphatic rings. The van der Waals surface area contributed by atoms with E-state index >= 15 is 0 Å². The van der Waals surface area contributed by atoms with Gasteiger partial charge in [0.15, 0.2) is 0 Å². The molecule has 2 aromatic heterocycles. The van der Waals surface area contributed by atoms with Crippen LogP contribution in [0.2, 0.25) is 0 Å². The number of hydrogen-bond acceptors (Lipinski definition) is 4. The van der Waals surface area contributed by atoms with Gasteiger partial charge in [-0.05, 0) is 81.6 Å². The summed E-state index contributed by atoms with van der Waals surface area (Å²) in [6, 6.07) is 63.0. The minimum Gasteiger partial charge on any atom is -0.509 e. The summed E-state index contributed by atoms with van der Waals surface area (Å²) in [6.45, 7) is 4.28. The molecule has 0 amide bonds. The van der Waals surface area contributed by atoms with Gasteiger partial charge in [-0.25, -0.2) is 4.98 Å². The summed E-state index contributed by atoms with van der Waals surface area (Å²) in [5.41, 5.74) is 15.6. The number of fused-ring (bicyclic) bond motifs is 4. The van der Waals surface area contributed by atoms with Crippen molar-refractivity contribution in [3.8, 4) is 17.3 Å². The summed E-state index contributed by atoms with van der Waals surface area (Å²) in [7, 11) is 0. The van der Waals surface area contributed by atoms with Gasteiger partial charge in [0.1, 0.15) is 5.82 Å². The van der Waals surface area contributed by atoms with Crippen LogP contribution in [-0.2, 0) is 21.1 Å². The summed E-state index contributed by atoms with van der Waals surface area (Å²) in [4.78, 5) is 9.61. The van der Waals surface area contributed by atoms with Gasteiger partial charge in [-0.3, -0.25) is 0 Å². The average molecular weight is 913 g/mol. The maximum Gasteiger partial charge on any atom is 0.135 e. The molecule has 13 rings (SSSR count). The SMILES string of the molecule is Cc1ccccc1N1[CH-]N(c2[c-]c(Oc3[c-]c4c(cc3)c3ccccc3n4-c3cc4c(cn3)C3c5ccccc5C4c4ccccc43)ccc2)c2ccccc21.[Pt]. The van der Waals surface area contributed by atoms with Gasteiger partial charge in [0.2, 0.25) is 0 Å². The molecule has 0 radical (unpaired) electrons. The zero-order chi connectivity index (χ0) is 36.9. The van der Waals surface area contributed by atoms with Crippen molar-refractivity contribution in [2.45, 2.75) is 18.8 Å². The van der Waals surface area contributed by atoms with E-state index in [1.165, 1.54) is 38.9 Å². The van der Waals surface area contributed by atoms with E-state index in [1.807, 2.05) is 18.2 Å². The van der Waals surface area contributed by atoms with E-state index < -0.39 is 0 Å². The van der Waals surface area contributed by atoms with Crippen molar-refractivity contribution in [1.82, 2.24) is 9.55 Å². The number of rotatable bonds is 5. The van der Waals surface area contributed by atoms with Crippen LogP contribution >= 0.6 is 0 Å². The molecule has 2 bridgehead atoms. The molecule has 7 aromatic carbocycles. The van der Waals surface area contributed by atoms with Crippen LogP contribution < -0.4 is 14.5 Å². The Morgan fingerprint density at radius 1 is 0.544 bits per heavy atom. The van der Waals surface area contributed by atoms with Crippen LogP contribution in [0, 0.1) is 25.7 Å². The van der Waals surface area contributed by atoms with Gasteiger partial charge in [0.05, 0.1) is 0 Å². The largest absolute Gasteiger partial charge is 0.509 e. The van der Waals surface area contributed by atoms with Gasteiger partial charge >= 0.3 is 0 Å². The van der Waals surface area contributed by atoms with E-state index in [2.05, 4.69) is 186 Å². The molecule has 1 aliphatic heterocycles. The molecule has 0 atom stereocenters. The third-order valence-electron chi connectivity index (χ3n) is 11.8. The van der Waals surface area contributed by atoms with Gasteiger partial charge in [0, 0.05) is 73.2 Å². The van der Waals surface area contributed by atoms with Gasteiger partial charge in [0.25, 0.3) is 0 Å². The molecule has 276 valence electrons. The van der Waals surface area contributed by atoms with Gasteiger partial charge < -0.3 is 19.1 Å². The molecule has 0 saturated heterocycles. The Morgan fingerprint density at radius 2 is 1.16 bits per heavy atom. The third kappa shape index (κ3) is 5.08. The van der Waals surface area contributed by atoms with Crippen LogP contribution in [0.25, 0.3) is 27.6 Å². The molecule has 5 nitrogen and oxygen atoms in total. The number of aromatic nitrogens is 2. The Bertz CT molecular complexity index is 3010. The molecule has 0 unspecified atom stereocenters. The average Bonchev–Trinajstić information content (AvgIpc) is 3.79. The number of anilines is 4. The normalized spacial score (nSPS) is 15.9. The van der Waals surface area contributed by atoms with Crippen molar-refractivity contribution in [2.75, 3.05) is 9.80 Å². The van der Waals surface area contributed by atoms with Gasteiger partial charge in [-0.15, -0.1) is 48.1 Å². The van der Waals surface area contributed by atoms with Crippen molar-refractivity contribution < 1.29 is 25.8 Å². The molecule has 3 heterocycles. The molecule has 57 heavy (non-hydrogen) atoms. The molecule has 0 saturated carbocycles. The number of benzene rings is 7. The van der Waals surface area contributed by atoms with Crippen LogP contribution in [0.3, 0.4) is 0 Å². The first-order valence-corrected chi connectivity index (χ1v) is 19.1. The van der Waals surface area contributed by atoms with E-state index in [0.29, 0.717) is 11.5 Å². The predicted molar refractivity (Wildman–Crippen MR) is 224 cm³/mol. The second-order valence-electron chi connectivity index (χ2n) is 14.9. The van der Waals surface area contributed by atoms with Crippen molar-refractivity contribution >= 4 is 44.6 Å². The number of pyridine rings is 1. The standard InChI is InChI=1S/C51H33N4O.Pt/c1-32-13-2-8-21-44(32)54-31-53(46-23-10-11-24-47(46)54)33-14-12-15-34(27-33)56-35-25-26-37-36-16-7-9-22-45(36)55(48(37)28-35)49-29-42-43(30-52-49)51-40-19-5-3-17-38(40)50(42)39-18-4-6-20-41(39)51;/h2-26,29-31,50-51H,1H3;/q-3;. The van der Waals surface area contributed by atoms with Crippen molar-refractivity contribution in [3.05, 3.63) is 222 Å². The number of para-hydroxylation sites is 4. The number of aryl methyl sites for hydroxylation is 1. The predicted octanol–water partition coefficient (Wildman–Crippen LogP) is 12.3. The van der Waals surface area contributed by atoms with Crippen LogP contribution in [0.1, 0.15) is 50.8 Å². The maximum atomic E-state index is 6.60. The Hall–Kier alpha value is -6.42. The van der Waals surface area contributed by atoms with Crippen LogP contribution in [0.5, 0.6) is 11.5 Å². The summed E-state index contributed by atoms with van der Waals surface area (Å²) in [5.74, 6) is 2.44. The molecule has 0 fully saturated rings. The molecule has 9 aromatic rings. The summed E-state index contributed by atoms with van der Waals surface area (Å²) in [5, 5.41) is 2.25. The second kappa shape index (κ2) is 13.1. The first-order valence-electron chi connectivity index (χ1n) is 19.1. The fourth-order valence-corrected chi connectivity index (χ4v) is 9.42. The third-order valence-corrected chi connectivity index (χ3v) is 11.8. The molecule has 0 N–H and O–H groups in total. The topological polar surface area (TPSA) is 33.5 Å². The van der Waals surface area contributed by atoms with Crippen molar-refractivity contribution in [3.63, 3.8) is 0 Å². The molecular weight excluding hydrogens is 880 g/mol. The summed E-state index contributed by atoms with van der Waals surface area (Å²) in [6.07, 6.45) is 2.11. The maximum absolute atomic E-state index is 6.60. The Morgan fingerprint density at radius 3 is 1.89 bits per heavy atom. The zero-order valence-corrected chi connectivity index (χ0v) is 33.1. The molecule has 0 spiro atoms. The van der Waals surface area contributed by atoms with Crippen LogP contribution in [0.15, 0.2) is 164 Å². The molecule has 3 aliphatic carbocycles. The van der Waals surface area contributed by atoms with E-state index in [9.17, 15) is 0 Å². The first kappa shape index (κ1) is 33.9. The van der Waals surface area contributed by atoms with E-state index in [1.54, 1.807) is 0 Å². The second-order valence-corrected chi connectivity index (χ2v) is 14.9. The number of hydrogen-bond donors (Lipinski definition) is 0. The number of ether oxygens (including phenoxy) is 1. The van der Waals surface area contributed by atoms with Gasteiger partial charge in [-0.1, -0.05) is 103 Å². The van der Waals surface area contributed by atoms with E-state index in [0.717, 1.165) is 50.4 Å². The summed E-state index contributed by atoms with van der Waals surface area (Å²) >= 11 is 0. The minimum atomic E-state index is 0. The summed E-state index contributed by atoms with van der Waals surface area (Å²) < 4.78 is 8.85. The Labute approximate surface area is 345 Å². The quantitative estimate of drug-likeness (QED) is 0.161. The van der Waals surface area contributed by atoms with E-state index in [4.69, 9.17) is 9.72 Å². The molecule has 6 heteroatoms. The Balaban J connectivity index is 0.00000374. The van der Waals surface area contributed by atoms with Crippen molar-refractivity contribution in [2.24, 2.45) is 0 Å². The monoisotopic (exact) mass is 912 g/mol. The van der Waals surface area contributed by atoms with Crippen molar-refractivity contribution in [1.29, 1.82) is 0 Å². The molecular formula is C51H33N4OPt-3. The van der Waals surface area contributed by atoms with Crippen LogP contribution in [-0.4, -0.2) is 9.55 Å².